The third-order valence-electron chi connectivity index (χ3n) is 3.24. The monoisotopic (exact) mass is 312 g/mol. The van der Waals surface area contributed by atoms with E-state index in [1.54, 1.807) is 24.3 Å². The van der Waals surface area contributed by atoms with Crippen molar-refractivity contribution in [2.75, 3.05) is 7.11 Å². The van der Waals surface area contributed by atoms with Gasteiger partial charge in [-0.05, 0) is 24.1 Å². The zero-order valence-corrected chi connectivity index (χ0v) is 12.1. The lowest BCUT2D eigenvalue weighted by Crippen LogP contribution is -2.30. The van der Waals surface area contributed by atoms with E-state index in [0.717, 1.165) is 0 Å². The largest absolute Gasteiger partial charge is 0.497 e. The summed E-state index contributed by atoms with van der Waals surface area (Å²) in [6, 6.07) is 8.45. The van der Waals surface area contributed by atoms with Gasteiger partial charge in [0.05, 0.1) is 18.2 Å². The number of ether oxygens (including phenoxy) is 1. The fourth-order valence-corrected chi connectivity index (χ4v) is 2.31. The zero-order valence-electron chi connectivity index (χ0n) is 11.4. The van der Waals surface area contributed by atoms with Crippen LogP contribution in [0, 0.1) is 11.6 Å². The molecular weight excluding hydrogens is 298 g/mol. The van der Waals surface area contributed by atoms with Crippen molar-refractivity contribution in [2.24, 2.45) is 5.84 Å². The minimum atomic E-state index is -0.532. The van der Waals surface area contributed by atoms with E-state index in [9.17, 15) is 8.78 Å². The standard InChI is InChI=1S/C15H15ClF2N2O/c1-21-10-5-6-11(13(18)8-10)14(20-19)7-9-3-2-4-12(17)15(9)16/h2-6,8,14,20H,7,19H2,1H3. The highest BCUT2D eigenvalue weighted by Crippen LogP contribution is 2.28. The van der Waals surface area contributed by atoms with Gasteiger partial charge in [-0.3, -0.25) is 11.3 Å². The van der Waals surface area contributed by atoms with Gasteiger partial charge < -0.3 is 4.74 Å². The van der Waals surface area contributed by atoms with Crippen molar-refractivity contribution in [2.45, 2.75) is 12.5 Å². The highest BCUT2D eigenvalue weighted by Gasteiger charge is 2.18. The highest BCUT2D eigenvalue weighted by molar-refractivity contribution is 6.31. The first-order valence-corrected chi connectivity index (χ1v) is 6.67. The Hall–Kier alpha value is -1.69. The molecule has 0 fully saturated rings. The van der Waals surface area contributed by atoms with Gasteiger partial charge >= 0.3 is 0 Å². The molecule has 0 amide bonds. The minimum Gasteiger partial charge on any atom is -0.497 e. The smallest absolute Gasteiger partial charge is 0.142 e. The Bertz CT molecular complexity index is 637. The number of nitrogens with two attached hydrogens (primary N) is 1. The molecule has 0 spiro atoms. The molecule has 21 heavy (non-hydrogen) atoms. The predicted molar refractivity (Wildman–Crippen MR) is 78.1 cm³/mol. The molecule has 0 aromatic heterocycles. The average Bonchev–Trinajstić information content (AvgIpc) is 2.49. The molecule has 0 bridgehead atoms. The van der Waals surface area contributed by atoms with Crippen molar-refractivity contribution in [3.8, 4) is 5.75 Å². The normalized spacial score (nSPS) is 12.2. The van der Waals surface area contributed by atoms with E-state index in [1.807, 2.05) is 0 Å². The lowest BCUT2D eigenvalue weighted by atomic mass is 9.98. The van der Waals surface area contributed by atoms with Crippen molar-refractivity contribution in [1.29, 1.82) is 0 Å². The summed E-state index contributed by atoms with van der Waals surface area (Å²) in [7, 11) is 1.46. The Balaban J connectivity index is 2.30. The van der Waals surface area contributed by atoms with Crippen molar-refractivity contribution in [3.05, 3.63) is 64.2 Å². The van der Waals surface area contributed by atoms with Crippen LogP contribution in [0.3, 0.4) is 0 Å². The zero-order chi connectivity index (χ0) is 15.4. The maximum Gasteiger partial charge on any atom is 0.142 e. The first-order valence-electron chi connectivity index (χ1n) is 6.29. The molecule has 6 heteroatoms. The number of hydrogen-bond acceptors (Lipinski definition) is 3. The molecule has 1 atom stereocenters. The van der Waals surface area contributed by atoms with E-state index >= 15 is 0 Å². The Labute approximate surface area is 126 Å². The number of halogens is 3. The van der Waals surface area contributed by atoms with Crippen LogP contribution >= 0.6 is 11.6 Å². The van der Waals surface area contributed by atoms with E-state index in [-0.39, 0.29) is 11.4 Å². The second kappa shape index (κ2) is 6.85. The summed E-state index contributed by atoms with van der Waals surface area (Å²) in [5, 5.41) is 0.0201. The summed E-state index contributed by atoms with van der Waals surface area (Å²) in [6.45, 7) is 0. The lowest BCUT2D eigenvalue weighted by molar-refractivity contribution is 0.409. The first-order chi connectivity index (χ1) is 10.1. The van der Waals surface area contributed by atoms with Crippen LogP contribution < -0.4 is 16.0 Å². The third kappa shape index (κ3) is 3.50. The second-order valence-corrected chi connectivity index (χ2v) is 4.90. The van der Waals surface area contributed by atoms with Gasteiger partial charge in [-0.15, -0.1) is 0 Å². The summed E-state index contributed by atoms with van der Waals surface area (Å²) < 4.78 is 32.5. The van der Waals surface area contributed by atoms with Gasteiger partial charge in [0.1, 0.15) is 17.4 Å². The molecule has 2 rings (SSSR count). The number of methoxy groups -OCH3 is 1. The first kappa shape index (κ1) is 15.7. The molecule has 0 aliphatic rings. The van der Waals surface area contributed by atoms with Crippen molar-refractivity contribution in [3.63, 3.8) is 0 Å². The van der Waals surface area contributed by atoms with Crippen LogP contribution in [-0.2, 0) is 6.42 Å². The number of hydrazine groups is 1. The fraction of sp³-hybridized carbons (Fsp3) is 0.200. The van der Waals surface area contributed by atoms with Gasteiger partial charge in [-0.1, -0.05) is 29.8 Å². The van der Waals surface area contributed by atoms with Crippen LogP contribution in [0.1, 0.15) is 17.2 Å². The molecule has 0 radical (unpaired) electrons. The average molecular weight is 313 g/mol. The Morgan fingerprint density at radius 1 is 1.24 bits per heavy atom. The molecule has 0 heterocycles. The van der Waals surface area contributed by atoms with Crippen LogP contribution in [0.5, 0.6) is 5.75 Å². The van der Waals surface area contributed by atoms with Gasteiger partial charge in [0.2, 0.25) is 0 Å². The molecule has 0 saturated carbocycles. The molecule has 3 N–H and O–H groups in total. The number of rotatable bonds is 5. The molecule has 0 aliphatic heterocycles. The number of benzene rings is 2. The van der Waals surface area contributed by atoms with Gasteiger partial charge in [-0.2, -0.15) is 0 Å². The Kier molecular flexibility index (Phi) is 5.12. The van der Waals surface area contributed by atoms with Crippen LogP contribution in [-0.4, -0.2) is 7.11 Å². The Morgan fingerprint density at radius 3 is 2.62 bits per heavy atom. The quantitative estimate of drug-likeness (QED) is 0.657. The van der Waals surface area contributed by atoms with Crippen LogP contribution in [0.25, 0.3) is 0 Å². The molecular formula is C15H15ClF2N2O. The molecule has 2 aromatic carbocycles. The summed E-state index contributed by atoms with van der Waals surface area (Å²) in [4.78, 5) is 0. The number of nitrogens with one attached hydrogen (secondary N) is 1. The van der Waals surface area contributed by atoms with Crippen molar-refractivity contribution in [1.82, 2.24) is 5.43 Å². The van der Waals surface area contributed by atoms with Crippen molar-refractivity contribution >= 4 is 11.6 Å². The fourth-order valence-electron chi connectivity index (χ4n) is 2.10. The molecule has 3 nitrogen and oxygen atoms in total. The lowest BCUT2D eigenvalue weighted by Gasteiger charge is -2.18. The van der Waals surface area contributed by atoms with Gasteiger partial charge in [0.15, 0.2) is 0 Å². The van der Waals surface area contributed by atoms with E-state index in [4.69, 9.17) is 22.2 Å². The van der Waals surface area contributed by atoms with E-state index < -0.39 is 17.7 Å². The molecule has 0 saturated heterocycles. The van der Waals surface area contributed by atoms with Crippen LogP contribution in [0.2, 0.25) is 5.02 Å². The highest BCUT2D eigenvalue weighted by atomic mass is 35.5. The van der Waals surface area contributed by atoms with Crippen LogP contribution in [0.15, 0.2) is 36.4 Å². The topological polar surface area (TPSA) is 47.3 Å². The van der Waals surface area contributed by atoms with Crippen molar-refractivity contribution < 1.29 is 13.5 Å². The Morgan fingerprint density at radius 2 is 2.00 bits per heavy atom. The molecule has 1 unspecified atom stereocenters. The van der Waals surface area contributed by atoms with Crippen LogP contribution in [0.4, 0.5) is 8.78 Å². The van der Waals surface area contributed by atoms with E-state index in [2.05, 4.69) is 5.43 Å². The molecule has 2 aromatic rings. The van der Waals surface area contributed by atoms with Gasteiger partial charge in [-0.25, -0.2) is 8.78 Å². The minimum absolute atomic E-state index is 0.0201. The maximum atomic E-state index is 14.1. The third-order valence-corrected chi connectivity index (χ3v) is 3.66. The van der Waals surface area contributed by atoms with E-state index in [1.165, 1.54) is 19.2 Å². The predicted octanol–water partition coefficient (Wildman–Crippen LogP) is 3.37. The summed E-state index contributed by atoms with van der Waals surface area (Å²) in [5.41, 5.74) is 3.44. The van der Waals surface area contributed by atoms with E-state index in [0.29, 0.717) is 16.9 Å². The number of hydrogen-bond donors (Lipinski definition) is 2. The summed E-state index contributed by atoms with van der Waals surface area (Å²) >= 11 is 5.91. The van der Waals surface area contributed by atoms with Gasteiger partial charge in [0.25, 0.3) is 0 Å². The second-order valence-electron chi connectivity index (χ2n) is 4.52. The maximum absolute atomic E-state index is 14.1. The SMILES string of the molecule is COc1ccc(C(Cc2cccc(F)c2Cl)NN)c(F)c1. The summed E-state index contributed by atoms with van der Waals surface area (Å²) in [6.07, 6.45) is 0.260. The summed E-state index contributed by atoms with van der Waals surface area (Å²) in [5.74, 6) is 4.94. The molecule has 0 aliphatic carbocycles. The molecule has 112 valence electrons. The van der Waals surface area contributed by atoms with Gasteiger partial charge in [0, 0.05) is 11.6 Å².